The van der Waals surface area contributed by atoms with Crippen molar-refractivity contribution in [3.05, 3.63) is 30.4 Å². The smallest absolute Gasteiger partial charge is 0.118 e. The van der Waals surface area contributed by atoms with E-state index in [4.69, 9.17) is 9.84 Å². The number of nitrogens with one attached hydrogen (secondary N) is 1. The number of nitrogens with zero attached hydrogens (tertiary/aromatic N) is 1. The minimum absolute atomic E-state index is 0.0289. The van der Waals surface area contributed by atoms with Crippen molar-refractivity contribution in [3.63, 3.8) is 0 Å². The maximum absolute atomic E-state index is 8.78. The Morgan fingerprint density at radius 1 is 1.58 bits per heavy atom. The van der Waals surface area contributed by atoms with Gasteiger partial charge in [0.05, 0.1) is 24.8 Å². The largest absolute Gasteiger partial charge is 0.393 e. The molecule has 0 saturated heterocycles. The molecule has 0 bridgehead atoms. The standard InChI is InChI=1S/C8H10N2O2/c11-4-6-1-2-8(12-6)7-3-9-5-10-7/h1-3,5-6,8,11H,4H2,(H,9,10)/t6-,8+/m1/s1. The molecule has 4 nitrogen and oxygen atoms in total. The molecule has 0 aliphatic carbocycles. The first-order valence-corrected chi connectivity index (χ1v) is 3.83. The summed E-state index contributed by atoms with van der Waals surface area (Å²) in [6.07, 6.45) is 6.84. The van der Waals surface area contributed by atoms with Crippen molar-refractivity contribution in [3.8, 4) is 0 Å². The van der Waals surface area contributed by atoms with Crippen LogP contribution in [0, 0.1) is 0 Å². The number of aromatic amines is 1. The van der Waals surface area contributed by atoms with Crippen molar-refractivity contribution in [1.29, 1.82) is 0 Å². The summed E-state index contributed by atoms with van der Waals surface area (Å²) in [6.45, 7) is 0.0289. The number of hydrogen-bond acceptors (Lipinski definition) is 3. The molecule has 2 rings (SSSR count). The summed E-state index contributed by atoms with van der Waals surface area (Å²) in [6, 6.07) is 0. The molecule has 1 aliphatic heterocycles. The summed E-state index contributed by atoms with van der Waals surface area (Å²) in [5, 5.41) is 8.78. The molecule has 0 radical (unpaired) electrons. The van der Waals surface area contributed by atoms with Crippen molar-refractivity contribution in [2.24, 2.45) is 0 Å². The van der Waals surface area contributed by atoms with Crippen molar-refractivity contribution in [2.45, 2.75) is 12.2 Å². The lowest BCUT2D eigenvalue weighted by Gasteiger charge is -2.09. The van der Waals surface area contributed by atoms with E-state index in [1.54, 1.807) is 12.5 Å². The lowest BCUT2D eigenvalue weighted by atomic mass is 10.3. The number of aliphatic hydroxyl groups is 1. The fraction of sp³-hybridized carbons (Fsp3) is 0.375. The van der Waals surface area contributed by atoms with Crippen LogP contribution in [0.25, 0.3) is 0 Å². The van der Waals surface area contributed by atoms with Gasteiger partial charge in [0.1, 0.15) is 12.2 Å². The normalized spacial score (nSPS) is 28.1. The van der Waals surface area contributed by atoms with Crippen LogP contribution in [0.15, 0.2) is 24.7 Å². The molecule has 1 aromatic rings. The Hall–Kier alpha value is -1.13. The molecule has 2 atom stereocenters. The molecular formula is C8H10N2O2. The third-order valence-corrected chi connectivity index (χ3v) is 1.83. The van der Waals surface area contributed by atoms with Gasteiger partial charge in [0.2, 0.25) is 0 Å². The van der Waals surface area contributed by atoms with Gasteiger partial charge in [-0.2, -0.15) is 0 Å². The highest BCUT2D eigenvalue weighted by Gasteiger charge is 2.20. The zero-order chi connectivity index (χ0) is 8.39. The van der Waals surface area contributed by atoms with Gasteiger partial charge >= 0.3 is 0 Å². The molecular weight excluding hydrogens is 156 g/mol. The van der Waals surface area contributed by atoms with Crippen LogP contribution in [0.5, 0.6) is 0 Å². The van der Waals surface area contributed by atoms with Gasteiger partial charge < -0.3 is 14.8 Å². The maximum atomic E-state index is 8.78. The summed E-state index contributed by atoms with van der Waals surface area (Å²) < 4.78 is 5.42. The molecule has 0 aromatic carbocycles. The van der Waals surface area contributed by atoms with Crippen LogP contribution in [-0.4, -0.2) is 27.8 Å². The summed E-state index contributed by atoms with van der Waals surface area (Å²) in [4.78, 5) is 6.84. The predicted octanol–water partition coefficient (Wildman–Crippen LogP) is 0.398. The van der Waals surface area contributed by atoms with Gasteiger partial charge in [-0.1, -0.05) is 12.2 Å². The number of aromatic nitrogens is 2. The topological polar surface area (TPSA) is 58.1 Å². The Morgan fingerprint density at radius 3 is 3.08 bits per heavy atom. The van der Waals surface area contributed by atoms with Gasteiger partial charge in [-0.25, -0.2) is 4.98 Å². The van der Waals surface area contributed by atoms with Gasteiger partial charge in [-0.05, 0) is 0 Å². The first-order chi connectivity index (χ1) is 5.90. The fourth-order valence-corrected chi connectivity index (χ4v) is 1.21. The van der Waals surface area contributed by atoms with Gasteiger partial charge in [0.25, 0.3) is 0 Å². The average molecular weight is 166 g/mol. The SMILES string of the molecule is OC[C@H]1C=C[C@@H](c2cnc[nH]2)O1. The van der Waals surface area contributed by atoms with E-state index in [9.17, 15) is 0 Å². The molecule has 0 fully saturated rings. The molecule has 1 aliphatic rings. The fourth-order valence-electron chi connectivity index (χ4n) is 1.21. The van der Waals surface area contributed by atoms with E-state index in [1.165, 1.54) is 0 Å². The highest BCUT2D eigenvalue weighted by atomic mass is 16.5. The molecule has 0 unspecified atom stereocenters. The predicted molar refractivity (Wildman–Crippen MR) is 42.4 cm³/mol. The number of hydrogen-bond donors (Lipinski definition) is 2. The Kier molecular flexibility index (Phi) is 1.93. The third kappa shape index (κ3) is 1.26. The lowest BCUT2D eigenvalue weighted by Crippen LogP contribution is -2.11. The highest BCUT2D eigenvalue weighted by molar-refractivity contribution is 5.13. The molecule has 2 N–H and O–H groups in total. The van der Waals surface area contributed by atoms with Crippen molar-refractivity contribution >= 4 is 0 Å². The van der Waals surface area contributed by atoms with Crippen LogP contribution in [-0.2, 0) is 4.74 Å². The molecule has 0 spiro atoms. The number of H-pyrrole nitrogens is 1. The summed E-state index contributed by atoms with van der Waals surface area (Å²) >= 11 is 0. The first-order valence-electron chi connectivity index (χ1n) is 3.83. The number of aliphatic hydroxyl groups excluding tert-OH is 1. The molecule has 2 heterocycles. The lowest BCUT2D eigenvalue weighted by molar-refractivity contribution is 0.0236. The van der Waals surface area contributed by atoms with E-state index in [-0.39, 0.29) is 18.8 Å². The molecule has 0 amide bonds. The van der Waals surface area contributed by atoms with Gasteiger partial charge in [-0.15, -0.1) is 0 Å². The second-order valence-electron chi connectivity index (χ2n) is 2.67. The average Bonchev–Trinajstić information content (AvgIpc) is 2.75. The summed E-state index contributed by atoms with van der Waals surface area (Å²) in [5.74, 6) is 0. The van der Waals surface area contributed by atoms with Crippen LogP contribution >= 0.6 is 0 Å². The van der Waals surface area contributed by atoms with Crippen LogP contribution in [0.4, 0.5) is 0 Å². The van der Waals surface area contributed by atoms with Crippen LogP contribution in [0.3, 0.4) is 0 Å². The third-order valence-electron chi connectivity index (χ3n) is 1.83. The first kappa shape index (κ1) is 7.52. The Morgan fingerprint density at radius 2 is 2.50 bits per heavy atom. The number of ether oxygens (including phenoxy) is 1. The number of imidazole rings is 1. The van der Waals surface area contributed by atoms with Crippen molar-refractivity contribution in [1.82, 2.24) is 9.97 Å². The summed E-state index contributed by atoms with van der Waals surface area (Å²) in [7, 11) is 0. The minimum Gasteiger partial charge on any atom is -0.393 e. The Bertz CT molecular complexity index is 269. The zero-order valence-electron chi connectivity index (χ0n) is 6.47. The van der Waals surface area contributed by atoms with Gasteiger partial charge in [-0.3, -0.25) is 0 Å². The van der Waals surface area contributed by atoms with E-state index < -0.39 is 0 Å². The Balaban J connectivity index is 2.06. The zero-order valence-corrected chi connectivity index (χ0v) is 6.47. The van der Waals surface area contributed by atoms with E-state index in [0.717, 1.165) is 5.69 Å². The molecule has 12 heavy (non-hydrogen) atoms. The quantitative estimate of drug-likeness (QED) is 0.625. The van der Waals surface area contributed by atoms with Crippen LogP contribution in [0.1, 0.15) is 11.8 Å². The van der Waals surface area contributed by atoms with E-state index in [0.29, 0.717) is 0 Å². The van der Waals surface area contributed by atoms with E-state index in [1.807, 2.05) is 12.2 Å². The summed E-state index contributed by atoms with van der Waals surface area (Å²) in [5.41, 5.74) is 0.919. The van der Waals surface area contributed by atoms with Gasteiger partial charge in [0.15, 0.2) is 0 Å². The van der Waals surface area contributed by atoms with Gasteiger partial charge in [0, 0.05) is 0 Å². The van der Waals surface area contributed by atoms with Crippen molar-refractivity contribution < 1.29 is 9.84 Å². The highest BCUT2D eigenvalue weighted by Crippen LogP contribution is 2.24. The van der Waals surface area contributed by atoms with E-state index >= 15 is 0 Å². The molecule has 4 heteroatoms. The van der Waals surface area contributed by atoms with E-state index in [2.05, 4.69) is 9.97 Å². The monoisotopic (exact) mass is 166 g/mol. The molecule has 0 saturated carbocycles. The van der Waals surface area contributed by atoms with Crippen LogP contribution in [0.2, 0.25) is 0 Å². The molecule has 1 aromatic heterocycles. The second kappa shape index (κ2) is 3.08. The minimum atomic E-state index is -0.168. The van der Waals surface area contributed by atoms with Crippen molar-refractivity contribution in [2.75, 3.05) is 6.61 Å². The molecule has 64 valence electrons. The Labute approximate surface area is 69.9 Å². The number of rotatable bonds is 2. The van der Waals surface area contributed by atoms with Crippen LogP contribution < -0.4 is 0 Å². The second-order valence-corrected chi connectivity index (χ2v) is 2.67. The maximum Gasteiger partial charge on any atom is 0.118 e.